The first-order chi connectivity index (χ1) is 13.2. The van der Waals surface area contributed by atoms with Crippen LogP contribution in [0.3, 0.4) is 0 Å². The van der Waals surface area contributed by atoms with Crippen molar-refractivity contribution in [1.82, 2.24) is 15.5 Å². The molecule has 0 spiro atoms. The van der Waals surface area contributed by atoms with Crippen LogP contribution in [0.5, 0.6) is 0 Å². The van der Waals surface area contributed by atoms with Gasteiger partial charge in [0, 0.05) is 44.3 Å². The second kappa shape index (κ2) is 9.74. The van der Waals surface area contributed by atoms with Gasteiger partial charge in [0.15, 0.2) is 5.96 Å². The molecular weight excluding hydrogens is 338 g/mol. The van der Waals surface area contributed by atoms with E-state index in [-0.39, 0.29) is 5.91 Å². The van der Waals surface area contributed by atoms with Gasteiger partial charge in [0.25, 0.3) is 0 Å². The first kappa shape index (κ1) is 19.7. The molecule has 1 aliphatic carbocycles. The van der Waals surface area contributed by atoms with Crippen LogP contribution in [0.4, 0.5) is 5.69 Å². The molecule has 1 saturated carbocycles. The third-order valence-corrected chi connectivity index (χ3v) is 5.25. The molecule has 0 atom stereocenters. The number of anilines is 1. The number of hydrogen-bond donors (Lipinski definition) is 2. The topological polar surface area (TPSA) is 60.0 Å². The molecule has 1 heterocycles. The summed E-state index contributed by atoms with van der Waals surface area (Å²) in [5.74, 6) is 1.09. The average Bonchev–Trinajstić information content (AvgIpc) is 3.44. The van der Waals surface area contributed by atoms with Gasteiger partial charge in [0.05, 0.1) is 6.54 Å². The first-order valence-corrected chi connectivity index (χ1v) is 10.4. The Labute approximate surface area is 163 Å². The summed E-state index contributed by atoms with van der Waals surface area (Å²) in [7, 11) is 0. The number of nitrogens with zero attached hydrogens (tertiary/aromatic N) is 3. The molecule has 1 saturated heterocycles. The Morgan fingerprint density at radius 3 is 2.59 bits per heavy atom. The Morgan fingerprint density at radius 1 is 1.22 bits per heavy atom. The molecule has 1 aromatic rings. The minimum absolute atomic E-state index is 0.228. The second-order valence-corrected chi connectivity index (χ2v) is 7.30. The zero-order valence-electron chi connectivity index (χ0n) is 16.7. The molecule has 6 heteroatoms. The molecule has 0 aromatic heterocycles. The summed E-state index contributed by atoms with van der Waals surface area (Å²) in [6.45, 7) is 9.72. The van der Waals surface area contributed by atoms with Gasteiger partial charge in [-0.05, 0) is 50.4 Å². The third kappa shape index (κ3) is 5.70. The fourth-order valence-electron chi connectivity index (χ4n) is 3.57. The van der Waals surface area contributed by atoms with Crippen LogP contribution in [0.2, 0.25) is 0 Å². The fraction of sp³-hybridized carbons (Fsp3) is 0.619. The van der Waals surface area contributed by atoms with Gasteiger partial charge in [-0.25, -0.2) is 4.99 Å². The second-order valence-electron chi connectivity index (χ2n) is 7.30. The third-order valence-electron chi connectivity index (χ3n) is 5.25. The summed E-state index contributed by atoms with van der Waals surface area (Å²) in [4.78, 5) is 21.0. The summed E-state index contributed by atoms with van der Waals surface area (Å²) in [6.07, 6.45) is 4.32. The van der Waals surface area contributed by atoms with E-state index in [4.69, 9.17) is 4.99 Å². The van der Waals surface area contributed by atoms with Crippen LogP contribution in [-0.2, 0) is 11.3 Å². The number of nitrogens with one attached hydrogen (secondary N) is 2. The highest BCUT2D eigenvalue weighted by Crippen LogP contribution is 2.25. The molecule has 1 amide bonds. The van der Waals surface area contributed by atoms with Crippen LogP contribution in [0.1, 0.15) is 45.1 Å². The maximum atomic E-state index is 11.8. The van der Waals surface area contributed by atoms with E-state index in [1.165, 1.54) is 12.8 Å². The predicted octanol–water partition coefficient (Wildman–Crippen LogP) is 2.35. The molecule has 2 N–H and O–H groups in total. The lowest BCUT2D eigenvalue weighted by atomic mass is 10.2. The van der Waals surface area contributed by atoms with Gasteiger partial charge in [-0.1, -0.05) is 19.1 Å². The maximum absolute atomic E-state index is 11.8. The van der Waals surface area contributed by atoms with Gasteiger partial charge in [0.1, 0.15) is 0 Å². The number of carbonyl (C=O) groups excluding carboxylic acids is 1. The molecule has 2 aliphatic rings. The number of aliphatic imine (C=N–C) groups is 1. The van der Waals surface area contributed by atoms with Crippen LogP contribution in [0.15, 0.2) is 29.3 Å². The van der Waals surface area contributed by atoms with E-state index in [0.717, 1.165) is 62.4 Å². The molecule has 0 unspecified atom stereocenters. The van der Waals surface area contributed by atoms with Crippen molar-refractivity contribution in [2.24, 2.45) is 4.99 Å². The van der Waals surface area contributed by atoms with Gasteiger partial charge in [-0.3, -0.25) is 9.69 Å². The number of guanidine groups is 1. The zero-order chi connectivity index (χ0) is 19.1. The highest BCUT2D eigenvalue weighted by Gasteiger charge is 2.27. The van der Waals surface area contributed by atoms with Gasteiger partial charge in [0.2, 0.25) is 5.91 Å². The first-order valence-electron chi connectivity index (χ1n) is 10.4. The van der Waals surface area contributed by atoms with Crippen molar-refractivity contribution in [2.45, 2.75) is 52.1 Å². The number of rotatable bonds is 9. The summed E-state index contributed by atoms with van der Waals surface area (Å²) < 4.78 is 0. The Morgan fingerprint density at radius 2 is 2.00 bits per heavy atom. The van der Waals surface area contributed by atoms with E-state index in [1.54, 1.807) is 0 Å². The molecule has 3 rings (SSSR count). The zero-order valence-corrected chi connectivity index (χ0v) is 16.7. The molecule has 27 heavy (non-hydrogen) atoms. The summed E-state index contributed by atoms with van der Waals surface area (Å²) in [5, 5.41) is 6.76. The van der Waals surface area contributed by atoms with Crippen molar-refractivity contribution in [3.8, 4) is 0 Å². The largest absolute Gasteiger partial charge is 0.357 e. The van der Waals surface area contributed by atoms with E-state index >= 15 is 0 Å². The lowest BCUT2D eigenvalue weighted by molar-refractivity contribution is -0.117. The number of benzene rings is 1. The molecule has 1 aromatic carbocycles. The summed E-state index contributed by atoms with van der Waals surface area (Å²) in [6, 6.07) is 9.00. The van der Waals surface area contributed by atoms with Crippen molar-refractivity contribution in [1.29, 1.82) is 0 Å². The molecule has 0 bridgehead atoms. The smallest absolute Gasteiger partial charge is 0.227 e. The molecule has 1 aliphatic heterocycles. The standard InChI is InChI=1S/C21H33N5O/c1-3-22-21(23-13-15-25(4-2)18-11-12-18)24-16-17-7-9-19(10-8-17)26-14-5-6-20(26)27/h7-10,18H,3-6,11-16H2,1-2H3,(H2,22,23,24). The number of hydrogen-bond acceptors (Lipinski definition) is 3. The van der Waals surface area contributed by atoms with Gasteiger partial charge < -0.3 is 15.5 Å². The Balaban J connectivity index is 1.50. The SMILES string of the molecule is CCNC(=NCc1ccc(N2CCCC2=O)cc1)NCCN(CC)C1CC1. The molecular formula is C21H33N5O. The highest BCUT2D eigenvalue weighted by molar-refractivity contribution is 5.95. The van der Waals surface area contributed by atoms with E-state index in [9.17, 15) is 4.79 Å². The fourth-order valence-corrected chi connectivity index (χ4v) is 3.57. The number of amides is 1. The highest BCUT2D eigenvalue weighted by atomic mass is 16.2. The van der Waals surface area contributed by atoms with Gasteiger partial charge in [-0.2, -0.15) is 0 Å². The molecule has 6 nitrogen and oxygen atoms in total. The molecule has 148 valence electrons. The van der Waals surface area contributed by atoms with Gasteiger partial charge >= 0.3 is 0 Å². The maximum Gasteiger partial charge on any atom is 0.227 e. The Hall–Kier alpha value is -2.08. The molecule has 2 fully saturated rings. The average molecular weight is 372 g/mol. The van der Waals surface area contributed by atoms with Crippen LogP contribution in [0, 0.1) is 0 Å². The van der Waals surface area contributed by atoms with E-state index in [2.05, 4.69) is 41.5 Å². The van der Waals surface area contributed by atoms with Crippen molar-refractivity contribution in [3.05, 3.63) is 29.8 Å². The van der Waals surface area contributed by atoms with Crippen LogP contribution < -0.4 is 15.5 Å². The van der Waals surface area contributed by atoms with Crippen molar-refractivity contribution in [2.75, 3.05) is 37.6 Å². The lowest BCUT2D eigenvalue weighted by Gasteiger charge is -2.20. The lowest BCUT2D eigenvalue weighted by Crippen LogP contribution is -2.42. The predicted molar refractivity (Wildman–Crippen MR) is 111 cm³/mol. The van der Waals surface area contributed by atoms with Crippen LogP contribution in [-0.4, -0.2) is 55.5 Å². The normalized spacial score (nSPS) is 17.7. The van der Waals surface area contributed by atoms with E-state index in [0.29, 0.717) is 13.0 Å². The molecule has 0 radical (unpaired) electrons. The summed E-state index contributed by atoms with van der Waals surface area (Å²) >= 11 is 0. The quantitative estimate of drug-likeness (QED) is 0.517. The van der Waals surface area contributed by atoms with Crippen molar-refractivity contribution in [3.63, 3.8) is 0 Å². The van der Waals surface area contributed by atoms with Crippen molar-refractivity contribution < 1.29 is 4.79 Å². The minimum atomic E-state index is 0.228. The van der Waals surface area contributed by atoms with E-state index < -0.39 is 0 Å². The van der Waals surface area contributed by atoms with Crippen LogP contribution in [0.25, 0.3) is 0 Å². The van der Waals surface area contributed by atoms with Crippen molar-refractivity contribution >= 4 is 17.6 Å². The Kier molecular flexibility index (Phi) is 7.10. The van der Waals surface area contributed by atoms with Gasteiger partial charge in [-0.15, -0.1) is 0 Å². The monoisotopic (exact) mass is 371 g/mol. The van der Waals surface area contributed by atoms with Crippen LogP contribution >= 0.6 is 0 Å². The summed E-state index contributed by atoms with van der Waals surface area (Å²) in [5.41, 5.74) is 2.14. The van der Waals surface area contributed by atoms with E-state index in [1.807, 2.05) is 17.0 Å². The number of likely N-dealkylation sites (N-methyl/N-ethyl adjacent to an activating group) is 1. The Bertz CT molecular complexity index is 638. The minimum Gasteiger partial charge on any atom is -0.357 e. The number of carbonyl (C=O) groups is 1.